The van der Waals surface area contributed by atoms with Gasteiger partial charge in [-0.25, -0.2) is 0 Å². The number of nitrogens with zero attached hydrogens (tertiary/aromatic N) is 2. The van der Waals surface area contributed by atoms with E-state index in [0.29, 0.717) is 6.42 Å². The second kappa shape index (κ2) is 7.70. The highest BCUT2D eigenvalue weighted by Gasteiger charge is 2.26. The van der Waals surface area contributed by atoms with E-state index in [2.05, 4.69) is 36.9 Å². The zero-order valence-corrected chi connectivity index (χ0v) is 15.1. The minimum absolute atomic E-state index is 0.0597. The molecule has 0 aromatic heterocycles. The van der Waals surface area contributed by atoms with Crippen LogP contribution in [0.2, 0.25) is 0 Å². The van der Waals surface area contributed by atoms with Crippen LogP contribution >= 0.6 is 0 Å². The summed E-state index contributed by atoms with van der Waals surface area (Å²) >= 11 is 0. The molecule has 25 heavy (non-hydrogen) atoms. The lowest BCUT2D eigenvalue weighted by atomic mass is 10.0. The molecule has 0 spiro atoms. The number of benzene rings is 2. The van der Waals surface area contributed by atoms with Crippen LogP contribution in [0.25, 0.3) is 0 Å². The molecule has 0 aliphatic carbocycles. The molecule has 1 atom stereocenters. The number of piperazine rings is 1. The van der Waals surface area contributed by atoms with Gasteiger partial charge in [-0.3, -0.25) is 4.79 Å². The van der Waals surface area contributed by atoms with E-state index in [1.54, 1.807) is 0 Å². The predicted molar refractivity (Wildman–Crippen MR) is 103 cm³/mol. The molecule has 0 bridgehead atoms. The Balaban J connectivity index is 1.58. The van der Waals surface area contributed by atoms with E-state index in [-0.39, 0.29) is 5.91 Å². The van der Waals surface area contributed by atoms with Crippen molar-refractivity contribution in [3.05, 3.63) is 65.2 Å². The third kappa shape index (κ3) is 4.02. The largest absolute Gasteiger partial charge is 0.368 e. The van der Waals surface area contributed by atoms with E-state index in [0.717, 1.165) is 31.7 Å². The van der Waals surface area contributed by atoms with Gasteiger partial charge in [-0.15, -0.1) is 0 Å². The third-order valence-corrected chi connectivity index (χ3v) is 5.12. The first kappa shape index (κ1) is 17.5. The fourth-order valence-electron chi connectivity index (χ4n) is 3.44. The molecule has 3 rings (SSSR count). The summed E-state index contributed by atoms with van der Waals surface area (Å²) in [5, 5.41) is 0. The van der Waals surface area contributed by atoms with E-state index >= 15 is 0 Å². The summed E-state index contributed by atoms with van der Waals surface area (Å²) in [5.41, 5.74) is 11.2. The summed E-state index contributed by atoms with van der Waals surface area (Å²) in [5.74, 6) is 0.0597. The maximum absolute atomic E-state index is 12.6. The Hall–Kier alpha value is -2.33. The van der Waals surface area contributed by atoms with E-state index in [1.165, 1.54) is 16.8 Å². The highest BCUT2D eigenvalue weighted by Crippen LogP contribution is 2.24. The van der Waals surface area contributed by atoms with Crippen LogP contribution < -0.4 is 10.6 Å². The highest BCUT2D eigenvalue weighted by atomic mass is 16.2. The maximum Gasteiger partial charge on any atom is 0.239 e. The molecule has 1 saturated heterocycles. The Morgan fingerprint density at radius 1 is 1.00 bits per heavy atom. The molecule has 2 N–H and O–H groups in total. The van der Waals surface area contributed by atoms with Crippen molar-refractivity contribution >= 4 is 11.6 Å². The summed E-state index contributed by atoms with van der Waals surface area (Å²) in [4.78, 5) is 16.9. The number of aryl methyl sites for hydroxylation is 1. The number of carbonyl (C=O) groups excluding carboxylic acids is 1. The van der Waals surface area contributed by atoms with Gasteiger partial charge in [0.1, 0.15) is 0 Å². The summed E-state index contributed by atoms with van der Waals surface area (Å²) in [7, 11) is 0. The molecular weight excluding hydrogens is 310 g/mol. The van der Waals surface area contributed by atoms with Gasteiger partial charge in [-0.2, -0.15) is 0 Å². The summed E-state index contributed by atoms with van der Waals surface area (Å²) in [6.07, 6.45) is 0.594. The number of anilines is 1. The lowest BCUT2D eigenvalue weighted by molar-refractivity contribution is -0.132. The van der Waals surface area contributed by atoms with Gasteiger partial charge in [-0.1, -0.05) is 42.5 Å². The second-order valence-electron chi connectivity index (χ2n) is 6.83. The molecular formula is C21H27N3O. The normalized spacial score (nSPS) is 16.0. The molecule has 1 aliphatic heterocycles. The van der Waals surface area contributed by atoms with Crippen molar-refractivity contribution < 1.29 is 4.79 Å². The predicted octanol–water partition coefficient (Wildman–Crippen LogP) is 2.52. The smallest absolute Gasteiger partial charge is 0.239 e. The maximum atomic E-state index is 12.6. The second-order valence-corrected chi connectivity index (χ2v) is 6.83. The number of amides is 1. The van der Waals surface area contributed by atoms with Crippen molar-refractivity contribution in [2.45, 2.75) is 26.3 Å². The van der Waals surface area contributed by atoms with Gasteiger partial charge in [0.25, 0.3) is 0 Å². The minimum Gasteiger partial charge on any atom is -0.368 e. The lowest BCUT2D eigenvalue weighted by Crippen LogP contribution is -2.53. The van der Waals surface area contributed by atoms with Crippen LogP contribution in [-0.4, -0.2) is 43.0 Å². The van der Waals surface area contributed by atoms with Gasteiger partial charge in [0.05, 0.1) is 6.04 Å². The molecule has 2 aromatic carbocycles. The molecule has 4 heteroatoms. The molecule has 132 valence electrons. The quantitative estimate of drug-likeness (QED) is 0.933. The van der Waals surface area contributed by atoms with Crippen LogP contribution in [0, 0.1) is 13.8 Å². The standard InChI is InChI=1S/C21H27N3O/c1-16-7-6-10-20(17(16)2)23-11-13-24(14-12-23)21(25)19(22)15-18-8-4-3-5-9-18/h3-10,19H,11-15,22H2,1-2H3/t19-/m0/s1. The van der Waals surface area contributed by atoms with Gasteiger partial charge in [-0.05, 0) is 43.0 Å². The van der Waals surface area contributed by atoms with Crippen molar-refractivity contribution in [1.29, 1.82) is 0 Å². The van der Waals surface area contributed by atoms with Crippen molar-refractivity contribution in [2.75, 3.05) is 31.1 Å². The van der Waals surface area contributed by atoms with Crippen LogP contribution in [0.5, 0.6) is 0 Å². The Morgan fingerprint density at radius 2 is 1.68 bits per heavy atom. The Labute approximate surface area is 150 Å². The first-order valence-corrected chi connectivity index (χ1v) is 8.95. The molecule has 4 nitrogen and oxygen atoms in total. The SMILES string of the molecule is Cc1cccc(N2CCN(C(=O)[C@@H](N)Cc3ccccc3)CC2)c1C. The fourth-order valence-corrected chi connectivity index (χ4v) is 3.44. The summed E-state index contributed by atoms with van der Waals surface area (Å²) in [6.45, 7) is 7.48. The van der Waals surface area contributed by atoms with Crippen LogP contribution in [-0.2, 0) is 11.2 Å². The highest BCUT2D eigenvalue weighted by molar-refractivity contribution is 5.82. The molecule has 1 fully saturated rings. The first-order valence-electron chi connectivity index (χ1n) is 8.95. The van der Waals surface area contributed by atoms with Crippen LogP contribution in [0.1, 0.15) is 16.7 Å². The Morgan fingerprint density at radius 3 is 2.36 bits per heavy atom. The van der Waals surface area contributed by atoms with Gasteiger partial charge in [0.2, 0.25) is 5.91 Å². The number of nitrogens with two attached hydrogens (primary N) is 1. The van der Waals surface area contributed by atoms with Crippen LogP contribution in [0.15, 0.2) is 48.5 Å². The Kier molecular flexibility index (Phi) is 5.39. The minimum atomic E-state index is -0.463. The topological polar surface area (TPSA) is 49.6 Å². The lowest BCUT2D eigenvalue weighted by Gasteiger charge is -2.38. The van der Waals surface area contributed by atoms with Gasteiger partial charge < -0.3 is 15.5 Å². The number of carbonyl (C=O) groups is 1. The number of hydrogen-bond donors (Lipinski definition) is 1. The van der Waals surface area contributed by atoms with Crippen LogP contribution in [0.4, 0.5) is 5.69 Å². The van der Waals surface area contributed by atoms with Crippen molar-refractivity contribution in [2.24, 2.45) is 5.73 Å². The average molecular weight is 337 g/mol. The Bertz CT molecular complexity index is 721. The van der Waals surface area contributed by atoms with E-state index in [9.17, 15) is 4.79 Å². The summed E-state index contributed by atoms with van der Waals surface area (Å²) in [6, 6.07) is 15.9. The molecule has 0 radical (unpaired) electrons. The zero-order valence-electron chi connectivity index (χ0n) is 15.1. The van der Waals surface area contributed by atoms with E-state index < -0.39 is 6.04 Å². The monoisotopic (exact) mass is 337 g/mol. The summed E-state index contributed by atoms with van der Waals surface area (Å²) < 4.78 is 0. The molecule has 1 aliphatic rings. The van der Waals surface area contributed by atoms with Crippen molar-refractivity contribution in [1.82, 2.24) is 4.90 Å². The van der Waals surface area contributed by atoms with E-state index in [1.807, 2.05) is 35.2 Å². The molecule has 1 heterocycles. The molecule has 1 amide bonds. The average Bonchev–Trinajstić information content (AvgIpc) is 2.64. The third-order valence-electron chi connectivity index (χ3n) is 5.12. The first-order chi connectivity index (χ1) is 12.1. The van der Waals surface area contributed by atoms with Gasteiger partial charge in [0, 0.05) is 31.9 Å². The number of rotatable bonds is 4. The zero-order chi connectivity index (χ0) is 17.8. The van der Waals surface area contributed by atoms with Crippen LogP contribution in [0.3, 0.4) is 0 Å². The molecule has 0 saturated carbocycles. The van der Waals surface area contributed by atoms with Gasteiger partial charge in [0.15, 0.2) is 0 Å². The molecule has 0 unspecified atom stereocenters. The van der Waals surface area contributed by atoms with E-state index in [4.69, 9.17) is 5.73 Å². The molecule has 2 aromatic rings. The van der Waals surface area contributed by atoms with Gasteiger partial charge >= 0.3 is 0 Å². The van der Waals surface area contributed by atoms with Crippen molar-refractivity contribution in [3.63, 3.8) is 0 Å². The number of hydrogen-bond acceptors (Lipinski definition) is 3. The fraction of sp³-hybridized carbons (Fsp3) is 0.381. The van der Waals surface area contributed by atoms with Crippen molar-refractivity contribution in [3.8, 4) is 0 Å².